The largest absolute Gasteiger partial charge is 0.466 e. The molecule has 0 aliphatic carbocycles. The number of esters is 1. The number of rotatable bonds is 7. The predicted octanol–water partition coefficient (Wildman–Crippen LogP) is 0.768. The van der Waals surface area contributed by atoms with Crippen molar-refractivity contribution < 1.29 is 9.53 Å². The highest BCUT2D eigenvalue weighted by Crippen LogP contribution is 1.93. The van der Waals surface area contributed by atoms with Gasteiger partial charge in [0.2, 0.25) is 0 Å². The molecule has 0 unspecified atom stereocenters. The van der Waals surface area contributed by atoms with Crippen molar-refractivity contribution >= 4 is 5.97 Å². The predicted molar refractivity (Wildman–Crippen MR) is 61.0 cm³/mol. The van der Waals surface area contributed by atoms with Crippen LogP contribution in [0.5, 0.6) is 0 Å². The molecule has 0 spiro atoms. The Kier molecular flexibility index (Phi) is 5.56. The maximum absolute atomic E-state index is 11.1. The Morgan fingerprint density at radius 1 is 1.50 bits per heavy atom. The first-order chi connectivity index (χ1) is 7.72. The van der Waals surface area contributed by atoms with E-state index >= 15 is 0 Å². The summed E-state index contributed by atoms with van der Waals surface area (Å²) in [6.45, 7) is 4.71. The Morgan fingerprint density at radius 2 is 2.31 bits per heavy atom. The molecule has 1 heterocycles. The first-order valence-corrected chi connectivity index (χ1v) is 5.54. The second-order valence-corrected chi connectivity index (χ2v) is 3.63. The second-order valence-electron chi connectivity index (χ2n) is 3.63. The van der Waals surface area contributed by atoms with Crippen LogP contribution in [0.3, 0.4) is 0 Å². The molecule has 0 N–H and O–H groups in total. The quantitative estimate of drug-likeness (QED) is 0.643. The number of likely N-dealkylation sites (N-methyl/N-ethyl adjacent to an activating group) is 1. The summed E-state index contributed by atoms with van der Waals surface area (Å²) >= 11 is 0. The lowest BCUT2D eigenvalue weighted by Gasteiger charge is -2.15. The van der Waals surface area contributed by atoms with E-state index < -0.39 is 0 Å². The molecule has 0 saturated heterocycles. The van der Waals surface area contributed by atoms with Gasteiger partial charge in [-0.3, -0.25) is 9.48 Å². The Labute approximate surface area is 96.0 Å². The van der Waals surface area contributed by atoms with Gasteiger partial charge in [0.25, 0.3) is 0 Å². The van der Waals surface area contributed by atoms with Gasteiger partial charge in [0.05, 0.1) is 19.6 Å². The van der Waals surface area contributed by atoms with Crippen LogP contribution in [0.4, 0.5) is 0 Å². The highest BCUT2D eigenvalue weighted by Gasteiger charge is 2.04. The minimum atomic E-state index is -0.131. The van der Waals surface area contributed by atoms with Gasteiger partial charge in [0, 0.05) is 25.5 Å². The molecule has 5 nitrogen and oxygen atoms in total. The smallest absolute Gasteiger partial charge is 0.307 e. The summed E-state index contributed by atoms with van der Waals surface area (Å²) in [6.07, 6.45) is 4.14. The lowest BCUT2D eigenvalue weighted by atomic mass is 10.4. The van der Waals surface area contributed by atoms with Crippen molar-refractivity contribution in [2.75, 3.05) is 26.7 Å². The molecule has 0 radical (unpaired) electrons. The van der Waals surface area contributed by atoms with E-state index in [2.05, 4.69) is 10.00 Å². The van der Waals surface area contributed by atoms with Crippen molar-refractivity contribution in [1.29, 1.82) is 0 Å². The summed E-state index contributed by atoms with van der Waals surface area (Å²) in [6, 6.07) is 1.90. The number of hydrogen-bond acceptors (Lipinski definition) is 4. The molecule has 0 aliphatic heterocycles. The standard InChI is InChI=1S/C11H19N3O2/c1-3-16-11(15)5-8-13(2)9-10-14-7-4-6-12-14/h4,6-7H,3,5,8-10H2,1-2H3. The van der Waals surface area contributed by atoms with Crippen LogP contribution in [0.1, 0.15) is 13.3 Å². The first-order valence-electron chi connectivity index (χ1n) is 5.54. The maximum Gasteiger partial charge on any atom is 0.307 e. The molecule has 5 heteroatoms. The average Bonchev–Trinajstić information content (AvgIpc) is 2.77. The molecule has 1 aromatic rings. The van der Waals surface area contributed by atoms with E-state index in [9.17, 15) is 4.79 Å². The van der Waals surface area contributed by atoms with Crippen LogP contribution in [-0.2, 0) is 16.1 Å². The summed E-state index contributed by atoms with van der Waals surface area (Å²) in [7, 11) is 1.99. The van der Waals surface area contributed by atoms with E-state index in [1.807, 2.05) is 30.9 Å². The maximum atomic E-state index is 11.1. The topological polar surface area (TPSA) is 47.4 Å². The molecule has 0 aliphatic rings. The molecular formula is C11H19N3O2. The van der Waals surface area contributed by atoms with Crippen molar-refractivity contribution in [3.8, 4) is 0 Å². The fraction of sp³-hybridized carbons (Fsp3) is 0.636. The van der Waals surface area contributed by atoms with Crippen LogP contribution in [-0.4, -0.2) is 47.4 Å². The van der Waals surface area contributed by atoms with Gasteiger partial charge in [-0.2, -0.15) is 5.10 Å². The number of aromatic nitrogens is 2. The third-order valence-corrected chi connectivity index (χ3v) is 2.27. The Balaban J connectivity index is 2.11. The van der Waals surface area contributed by atoms with Gasteiger partial charge in [-0.15, -0.1) is 0 Å². The van der Waals surface area contributed by atoms with Crippen LogP contribution in [0.2, 0.25) is 0 Å². The van der Waals surface area contributed by atoms with E-state index in [0.717, 1.165) is 19.6 Å². The minimum absolute atomic E-state index is 0.131. The molecule has 0 bridgehead atoms. The molecular weight excluding hydrogens is 206 g/mol. The molecule has 90 valence electrons. The fourth-order valence-corrected chi connectivity index (χ4v) is 1.33. The summed E-state index contributed by atoms with van der Waals surface area (Å²) in [5, 5.41) is 4.11. The molecule has 0 fully saturated rings. The number of carbonyl (C=O) groups excluding carboxylic acids is 1. The summed E-state index contributed by atoms with van der Waals surface area (Å²) < 4.78 is 6.74. The normalized spacial score (nSPS) is 10.7. The Bertz CT molecular complexity index is 298. The number of nitrogens with zero attached hydrogens (tertiary/aromatic N) is 3. The zero-order chi connectivity index (χ0) is 11.8. The van der Waals surface area contributed by atoms with Crippen LogP contribution >= 0.6 is 0 Å². The molecule has 0 atom stereocenters. The average molecular weight is 225 g/mol. The van der Waals surface area contributed by atoms with Crippen molar-refractivity contribution in [3.05, 3.63) is 18.5 Å². The Morgan fingerprint density at radius 3 is 2.94 bits per heavy atom. The van der Waals surface area contributed by atoms with E-state index in [-0.39, 0.29) is 5.97 Å². The van der Waals surface area contributed by atoms with Gasteiger partial charge < -0.3 is 9.64 Å². The van der Waals surface area contributed by atoms with Crippen LogP contribution in [0.15, 0.2) is 18.5 Å². The van der Waals surface area contributed by atoms with Crippen LogP contribution < -0.4 is 0 Å². The lowest BCUT2D eigenvalue weighted by Crippen LogP contribution is -2.26. The van der Waals surface area contributed by atoms with Crippen molar-refractivity contribution in [3.63, 3.8) is 0 Å². The van der Waals surface area contributed by atoms with Gasteiger partial charge in [-0.25, -0.2) is 0 Å². The van der Waals surface area contributed by atoms with Crippen molar-refractivity contribution in [2.45, 2.75) is 19.9 Å². The van der Waals surface area contributed by atoms with E-state index in [1.54, 1.807) is 6.20 Å². The van der Waals surface area contributed by atoms with E-state index in [0.29, 0.717) is 13.0 Å². The van der Waals surface area contributed by atoms with Gasteiger partial charge in [0.1, 0.15) is 0 Å². The van der Waals surface area contributed by atoms with Crippen LogP contribution in [0.25, 0.3) is 0 Å². The first kappa shape index (κ1) is 12.7. The third-order valence-electron chi connectivity index (χ3n) is 2.27. The number of carbonyl (C=O) groups is 1. The molecule has 0 saturated carbocycles. The number of hydrogen-bond donors (Lipinski definition) is 0. The van der Waals surface area contributed by atoms with Gasteiger partial charge in [0.15, 0.2) is 0 Å². The van der Waals surface area contributed by atoms with E-state index in [1.165, 1.54) is 0 Å². The summed E-state index contributed by atoms with van der Waals surface area (Å²) in [4.78, 5) is 13.2. The Hall–Kier alpha value is -1.36. The lowest BCUT2D eigenvalue weighted by molar-refractivity contribution is -0.143. The molecule has 1 aromatic heterocycles. The zero-order valence-corrected chi connectivity index (χ0v) is 9.93. The second kappa shape index (κ2) is 7.00. The fourth-order valence-electron chi connectivity index (χ4n) is 1.33. The highest BCUT2D eigenvalue weighted by molar-refractivity contribution is 5.69. The van der Waals surface area contributed by atoms with Gasteiger partial charge in [-0.05, 0) is 20.0 Å². The molecule has 0 amide bonds. The van der Waals surface area contributed by atoms with Crippen LogP contribution in [0, 0.1) is 0 Å². The zero-order valence-electron chi connectivity index (χ0n) is 9.93. The highest BCUT2D eigenvalue weighted by atomic mass is 16.5. The summed E-state index contributed by atoms with van der Waals surface area (Å²) in [5.41, 5.74) is 0. The third kappa shape index (κ3) is 4.93. The van der Waals surface area contributed by atoms with Crippen molar-refractivity contribution in [1.82, 2.24) is 14.7 Å². The minimum Gasteiger partial charge on any atom is -0.466 e. The molecule has 0 aromatic carbocycles. The van der Waals surface area contributed by atoms with Gasteiger partial charge in [-0.1, -0.05) is 0 Å². The SMILES string of the molecule is CCOC(=O)CCN(C)CCn1cccn1. The monoisotopic (exact) mass is 225 g/mol. The van der Waals surface area contributed by atoms with Gasteiger partial charge >= 0.3 is 5.97 Å². The molecule has 16 heavy (non-hydrogen) atoms. The van der Waals surface area contributed by atoms with Crippen molar-refractivity contribution in [2.24, 2.45) is 0 Å². The molecule has 1 rings (SSSR count). The van der Waals surface area contributed by atoms with E-state index in [4.69, 9.17) is 4.74 Å². The number of ether oxygens (including phenoxy) is 1. The summed E-state index contributed by atoms with van der Waals surface area (Å²) in [5.74, 6) is -0.131.